The summed E-state index contributed by atoms with van der Waals surface area (Å²) in [4.78, 5) is 17.0. The van der Waals surface area contributed by atoms with E-state index in [9.17, 15) is 4.79 Å². The van der Waals surface area contributed by atoms with Gasteiger partial charge in [0.1, 0.15) is 22.1 Å². The molecule has 0 bridgehead atoms. The lowest BCUT2D eigenvalue weighted by Gasteiger charge is -2.06. The predicted octanol–water partition coefficient (Wildman–Crippen LogP) is 4.18. The molecule has 0 fully saturated rings. The summed E-state index contributed by atoms with van der Waals surface area (Å²) < 4.78 is 6.92. The lowest BCUT2D eigenvalue weighted by Crippen LogP contribution is -1.99. The van der Waals surface area contributed by atoms with Gasteiger partial charge in [-0.05, 0) is 25.0 Å². The third kappa shape index (κ3) is 2.74. The summed E-state index contributed by atoms with van der Waals surface area (Å²) in [6.45, 7) is 4.31. The molecule has 2 aromatic heterocycles. The van der Waals surface area contributed by atoms with Crippen molar-refractivity contribution in [2.45, 2.75) is 32.6 Å². The Bertz CT molecular complexity index is 834. The minimum atomic E-state index is 0.418. The van der Waals surface area contributed by atoms with Crippen molar-refractivity contribution in [3.8, 4) is 17.0 Å². The molecule has 3 rings (SSSR count). The molecule has 0 N–H and O–H groups in total. The Kier molecular flexibility index (Phi) is 4.43. The third-order valence-corrected chi connectivity index (χ3v) is 5.11. The molecule has 0 aliphatic heterocycles. The van der Waals surface area contributed by atoms with Gasteiger partial charge in [0.2, 0.25) is 4.96 Å². The zero-order valence-corrected chi connectivity index (χ0v) is 14.3. The molecule has 0 amide bonds. The number of carbonyl (C=O) groups excluding carboxylic acids is 1. The summed E-state index contributed by atoms with van der Waals surface area (Å²) in [5.74, 6) is 1.16. The van der Waals surface area contributed by atoms with Gasteiger partial charge in [0, 0.05) is 11.5 Å². The highest BCUT2D eigenvalue weighted by Gasteiger charge is 2.20. The lowest BCUT2D eigenvalue weighted by molar-refractivity contribution is 0.111. The van der Waals surface area contributed by atoms with E-state index in [1.165, 1.54) is 0 Å². The van der Waals surface area contributed by atoms with Crippen LogP contribution in [0.3, 0.4) is 0 Å². The first kappa shape index (κ1) is 15.7. The van der Waals surface area contributed by atoms with Gasteiger partial charge in [0.25, 0.3) is 0 Å². The number of aromatic nitrogens is 3. The smallest absolute Gasteiger partial charge is 0.213 e. The van der Waals surface area contributed by atoms with E-state index in [2.05, 4.69) is 23.9 Å². The lowest BCUT2D eigenvalue weighted by atomic mass is 10.1. The maximum absolute atomic E-state index is 11.6. The van der Waals surface area contributed by atoms with Crippen molar-refractivity contribution in [3.05, 3.63) is 35.0 Å². The Hall–Kier alpha value is -2.21. The molecule has 3 aromatic rings. The van der Waals surface area contributed by atoms with Gasteiger partial charge in [-0.2, -0.15) is 9.61 Å². The minimum Gasteiger partial charge on any atom is -0.497 e. The molecule has 0 radical (unpaired) electrons. The Labute approximate surface area is 138 Å². The van der Waals surface area contributed by atoms with Crippen molar-refractivity contribution >= 4 is 22.6 Å². The summed E-state index contributed by atoms with van der Waals surface area (Å²) in [6.07, 6.45) is 2.89. The van der Waals surface area contributed by atoms with E-state index in [-0.39, 0.29) is 0 Å². The molecular formula is C17H19N3O2S. The minimum absolute atomic E-state index is 0.418. The molecule has 5 nitrogen and oxygen atoms in total. The highest BCUT2D eigenvalue weighted by Crippen LogP contribution is 2.32. The van der Waals surface area contributed by atoms with Crippen molar-refractivity contribution < 1.29 is 9.53 Å². The number of carbonyl (C=O) groups is 1. The fraction of sp³-hybridized carbons (Fsp3) is 0.353. The SMILES string of the molecule is CCC(CC)c1nn2c(C=O)c(-c3cccc(OC)c3)nc2s1. The monoisotopic (exact) mass is 329 g/mol. The van der Waals surface area contributed by atoms with Crippen molar-refractivity contribution in [2.24, 2.45) is 0 Å². The van der Waals surface area contributed by atoms with Crippen molar-refractivity contribution in [2.75, 3.05) is 7.11 Å². The number of hydrogen-bond acceptors (Lipinski definition) is 5. The van der Waals surface area contributed by atoms with Gasteiger partial charge in [0.15, 0.2) is 6.29 Å². The summed E-state index contributed by atoms with van der Waals surface area (Å²) in [5.41, 5.74) is 1.99. The highest BCUT2D eigenvalue weighted by atomic mass is 32.1. The van der Waals surface area contributed by atoms with E-state index in [0.29, 0.717) is 17.3 Å². The van der Waals surface area contributed by atoms with Crippen LogP contribution in [0.4, 0.5) is 0 Å². The summed E-state index contributed by atoms with van der Waals surface area (Å²) in [7, 11) is 1.62. The van der Waals surface area contributed by atoms with Crippen LogP contribution in [0.5, 0.6) is 5.75 Å². The van der Waals surface area contributed by atoms with E-state index in [1.54, 1.807) is 23.0 Å². The predicted molar refractivity (Wildman–Crippen MR) is 91.6 cm³/mol. The van der Waals surface area contributed by atoms with E-state index >= 15 is 0 Å². The van der Waals surface area contributed by atoms with Crippen LogP contribution < -0.4 is 4.74 Å². The first-order chi connectivity index (χ1) is 11.2. The van der Waals surface area contributed by atoms with E-state index in [1.807, 2.05) is 24.3 Å². The maximum Gasteiger partial charge on any atom is 0.213 e. The molecule has 6 heteroatoms. The van der Waals surface area contributed by atoms with Crippen LogP contribution in [0.2, 0.25) is 0 Å². The quantitative estimate of drug-likeness (QED) is 0.637. The normalized spacial score (nSPS) is 11.3. The zero-order valence-electron chi connectivity index (χ0n) is 13.4. The van der Waals surface area contributed by atoms with E-state index < -0.39 is 0 Å². The third-order valence-electron chi connectivity index (χ3n) is 4.04. The standard InChI is InChI=1S/C17H19N3O2S/c1-4-11(5-2)16-19-20-14(10-21)15(18-17(20)23-16)12-7-6-8-13(9-12)22-3/h6-11H,4-5H2,1-3H3. The van der Waals surface area contributed by atoms with Crippen LogP contribution in [-0.2, 0) is 0 Å². The van der Waals surface area contributed by atoms with Crippen LogP contribution in [0.15, 0.2) is 24.3 Å². The maximum atomic E-state index is 11.6. The zero-order chi connectivity index (χ0) is 16.4. The molecule has 0 unspecified atom stereocenters. The number of fused-ring (bicyclic) bond motifs is 1. The van der Waals surface area contributed by atoms with Crippen LogP contribution in [0.25, 0.3) is 16.2 Å². The number of rotatable bonds is 6. The Balaban J connectivity index is 2.12. The molecule has 0 aliphatic rings. The molecule has 0 saturated heterocycles. The van der Waals surface area contributed by atoms with Crippen molar-refractivity contribution in [1.29, 1.82) is 0 Å². The average Bonchev–Trinajstić information content (AvgIpc) is 3.13. The Morgan fingerprint density at radius 2 is 2.13 bits per heavy atom. The Morgan fingerprint density at radius 3 is 2.78 bits per heavy atom. The van der Waals surface area contributed by atoms with E-state index in [0.717, 1.165) is 40.4 Å². The number of methoxy groups -OCH3 is 1. The second-order valence-electron chi connectivity index (χ2n) is 5.34. The van der Waals surface area contributed by atoms with Crippen LogP contribution >= 0.6 is 11.3 Å². The van der Waals surface area contributed by atoms with Gasteiger partial charge in [-0.25, -0.2) is 4.98 Å². The van der Waals surface area contributed by atoms with Gasteiger partial charge in [-0.1, -0.05) is 37.3 Å². The fourth-order valence-corrected chi connectivity index (χ4v) is 3.84. The van der Waals surface area contributed by atoms with Gasteiger partial charge in [0.05, 0.1) is 7.11 Å². The van der Waals surface area contributed by atoms with Gasteiger partial charge >= 0.3 is 0 Å². The summed E-state index contributed by atoms with van der Waals surface area (Å²) in [6, 6.07) is 7.55. The largest absolute Gasteiger partial charge is 0.497 e. The summed E-state index contributed by atoms with van der Waals surface area (Å²) in [5, 5.41) is 5.66. The number of hydrogen-bond donors (Lipinski definition) is 0. The number of aldehydes is 1. The topological polar surface area (TPSA) is 56.5 Å². The fourth-order valence-electron chi connectivity index (χ4n) is 2.67. The molecule has 0 saturated carbocycles. The molecule has 2 heterocycles. The molecular weight excluding hydrogens is 310 g/mol. The second kappa shape index (κ2) is 6.50. The molecule has 23 heavy (non-hydrogen) atoms. The number of imidazole rings is 1. The first-order valence-corrected chi connectivity index (χ1v) is 8.52. The van der Waals surface area contributed by atoms with E-state index in [4.69, 9.17) is 4.74 Å². The van der Waals surface area contributed by atoms with Gasteiger partial charge in [-0.15, -0.1) is 0 Å². The number of benzene rings is 1. The van der Waals surface area contributed by atoms with Crippen LogP contribution in [-0.4, -0.2) is 28.0 Å². The molecule has 1 aromatic carbocycles. The van der Waals surface area contributed by atoms with Crippen LogP contribution in [0.1, 0.15) is 48.1 Å². The highest BCUT2D eigenvalue weighted by molar-refractivity contribution is 7.16. The van der Waals surface area contributed by atoms with Crippen LogP contribution in [0, 0.1) is 0 Å². The van der Waals surface area contributed by atoms with Gasteiger partial charge in [-0.3, -0.25) is 4.79 Å². The first-order valence-electron chi connectivity index (χ1n) is 7.70. The second-order valence-corrected chi connectivity index (χ2v) is 6.33. The molecule has 0 atom stereocenters. The summed E-state index contributed by atoms with van der Waals surface area (Å²) >= 11 is 1.56. The van der Waals surface area contributed by atoms with Gasteiger partial charge < -0.3 is 4.74 Å². The number of nitrogens with zero attached hydrogens (tertiary/aromatic N) is 3. The average molecular weight is 329 g/mol. The molecule has 0 spiro atoms. The van der Waals surface area contributed by atoms with Crippen molar-refractivity contribution in [3.63, 3.8) is 0 Å². The number of ether oxygens (including phenoxy) is 1. The van der Waals surface area contributed by atoms with Crippen molar-refractivity contribution in [1.82, 2.24) is 14.6 Å². The Morgan fingerprint density at radius 1 is 1.35 bits per heavy atom. The molecule has 0 aliphatic carbocycles. The molecule has 120 valence electrons.